The second-order valence-electron chi connectivity index (χ2n) is 5.88. The Bertz CT molecular complexity index is 729. The first kappa shape index (κ1) is 17.8. The van der Waals surface area contributed by atoms with E-state index in [0.29, 0.717) is 18.7 Å². The highest BCUT2D eigenvalue weighted by Gasteiger charge is 2.22. The van der Waals surface area contributed by atoms with Gasteiger partial charge in [0.05, 0.1) is 5.69 Å². The Balaban J connectivity index is 1.60. The minimum atomic E-state index is -0.144. The Morgan fingerprint density at radius 2 is 2.20 bits per heavy atom. The van der Waals surface area contributed by atoms with Gasteiger partial charge in [-0.15, -0.1) is 17.9 Å². The summed E-state index contributed by atoms with van der Waals surface area (Å²) in [6.07, 6.45) is 6.37. The van der Waals surface area contributed by atoms with Crippen LogP contribution in [0.5, 0.6) is 0 Å². The average molecular weight is 376 g/mol. The number of aryl methyl sites for hydroxylation is 2. The normalized spacial score (nSPS) is 13.1. The smallest absolute Gasteiger partial charge is 0.252 e. The number of thiazole rings is 1. The van der Waals surface area contributed by atoms with Crippen molar-refractivity contribution in [3.8, 4) is 0 Å². The lowest BCUT2D eigenvalue weighted by Gasteiger charge is -2.18. The molecule has 0 saturated heterocycles. The van der Waals surface area contributed by atoms with Gasteiger partial charge in [0, 0.05) is 35.3 Å². The maximum absolute atomic E-state index is 12.6. The lowest BCUT2D eigenvalue weighted by molar-refractivity contribution is -0.118. The molecule has 0 spiro atoms. The maximum Gasteiger partial charge on any atom is 0.252 e. The molecule has 2 aromatic heterocycles. The first-order chi connectivity index (χ1) is 12.2. The van der Waals surface area contributed by atoms with Crippen molar-refractivity contribution in [3.05, 3.63) is 45.6 Å². The van der Waals surface area contributed by atoms with Crippen LogP contribution in [0.25, 0.3) is 0 Å². The van der Waals surface area contributed by atoms with E-state index in [2.05, 4.69) is 16.9 Å². The molecule has 2 heterocycles. The van der Waals surface area contributed by atoms with E-state index in [9.17, 15) is 9.59 Å². The third-order valence-electron chi connectivity index (χ3n) is 4.09. The van der Waals surface area contributed by atoms with Crippen molar-refractivity contribution in [2.45, 2.75) is 32.1 Å². The van der Waals surface area contributed by atoms with Gasteiger partial charge in [-0.1, -0.05) is 6.08 Å². The Labute approximate surface area is 155 Å². The molecule has 25 heavy (non-hydrogen) atoms. The predicted octanol–water partition coefficient (Wildman–Crippen LogP) is 3.42. The van der Waals surface area contributed by atoms with Gasteiger partial charge >= 0.3 is 0 Å². The van der Waals surface area contributed by atoms with Gasteiger partial charge < -0.3 is 5.32 Å². The van der Waals surface area contributed by atoms with Crippen molar-refractivity contribution in [2.75, 3.05) is 18.0 Å². The van der Waals surface area contributed by atoms with Gasteiger partial charge in [-0.2, -0.15) is 11.3 Å². The fourth-order valence-electron chi connectivity index (χ4n) is 2.78. The summed E-state index contributed by atoms with van der Waals surface area (Å²) in [5.41, 5.74) is 1.77. The highest BCUT2D eigenvalue weighted by molar-refractivity contribution is 7.16. The van der Waals surface area contributed by atoms with Crippen LogP contribution in [0.3, 0.4) is 0 Å². The van der Waals surface area contributed by atoms with Crippen LogP contribution in [0.1, 0.15) is 40.2 Å². The summed E-state index contributed by atoms with van der Waals surface area (Å²) in [7, 11) is 0. The van der Waals surface area contributed by atoms with Crippen LogP contribution in [-0.2, 0) is 17.6 Å². The molecule has 0 atom stereocenters. The molecule has 2 aromatic rings. The first-order valence-corrected chi connectivity index (χ1v) is 10.1. The van der Waals surface area contributed by atoms with Crippen molar-refractivity contribution in [1.29, 1.82) is 0 Å². The van der Waals surface area contributed by atoms with Gasteiger partial charge in [0.1, 0.15) is 0 Å². The molecule has 1 N–H and O–H groups in total. The zero-order chi connectivity index (χ0) is 17.6. The minimum absolute atomic E-state index is 0.0448. The molecule has 0 bridgehead atoms. The number of anilines is 1. The van der Waals surface area contributed by atoms with Gasteiger partial charge in [0.25, 0.3) is 5.91 Å². The average Bonchev–Trinajstić information content (AvgIpc) is 3.28. The molecular weight excluding hydrogens is 354 g/mol. The van der Waals surface area contributed by atoms with Crippen LogP contribution in [0.4, 0.5) is 5.13 Å². The molecule has 0 unspecified atom stereocenters. The molecule has 1 aliphatic carbocycles. The molecule has 7 heteroatoms. The fraction of sp³-hybridized carbons (Fsp3) is 0.389. The van der Waals surface area contributed by atoms with E-state index in [1.54, 1.807) is 33.8 Å². The summed E-state index contributed by atoms with van der Waals surface area (Å²) < 4.78 is 0. The van der Waals surface area contributed by atoms with Crippen molar-refractivity contribution in [2.24, 2.45) is 0 Å². The molecule has 0 radical (unpaired) electrons. The van der Waals surface area contributed by atoms with Crippen LogP contribution < -0.4 is 10.2 Å². The van der Waals surface area contributed by atoms with Gasteiger partial charge in [-0.05, 0) is 37.1 Å². The molecule has 1 aliphatic rings. The van der Waals surface area contributed by atoms with E-state index < -0.39 is 0 Å². The van der Waals surface area contributed by atoms with Crippen LogP contribution in [-0.4, -0.2) is 29.9 Å². The summed E-state index contributed by atoms with van der Waals surface area (Å²) in [5, 5.41) is 7.19. The minimum Gasteiger partial charge on any atom is -0.351 e. The molecule has 2 amide bonds. The molecule has 0 aliphatic heterocycles. The van der Waals surface area contributed by atoms with Gasteiger partial charge in [-0.3, -0.25) is 14.5 Å². The van der Waals surface area contributed by atoms with Crippen LogP contribution in [0.15, 0.2) is 29.5 Å². The number of hydrogen-bond donors (Lipinski definition) is 1. The van der Waals surface area contributed by atoms with Gasteiger partial charge in [0.15, 0.2) is 5.13 Å². The third-order valence-corrected chi connectivity index (χ3v) is 5.95. The second-order valence-corrected chi connectivity index (χ2v) is 7.73. The zero-order valence-corrected chi connectivity index (χ0v) is 15.6. The van der Waals surface area contributed by atoms with Gasteiger partial charge in [-0.25, -0.2) is 4.98 Å². The number of hydrogen-bond acceptors (Lipinski definition) is 5. The summed E-state index contributed by atoms with van der Waals surface area (Å²) in [6.45, 7) is 4.49. The number of nitrogens with zero attached hydrogens (tertiary/aromatic N) is 2. The topological polar surface area (TPSA) is 62.3 Å². The Kier molecular flexibility index (Phi) is 5.99. The van der Waals surface area contributed by atoms with Crippen LogP contribution >= 0.6 is 22.7 Å². The van der Waals surface area contributed by atoms with Gasteiger partial charge in [0.2, 0.25) is 5.91 Å². The molecule has 0 aromatic carbocycles. The molecule has 5 nitrogen and oxygen atoms in total. The molecule has 0 fully saturated rings. The largest absolute Gasteiger partial charge is 0.351 e. The van der Waals surface area contributed by atoms with Crippen molar-refractivity contribution < 1.29 is 9.59 Å². The molecular formula is C18H21N3O2S2. The zero-order valence-electron chi connectivity index (χ0n) is 14.0. The molecule has 132 valence electrons. The standard InChI is InChI=1S/C18H21N3O2S2/c1-2-10-21(18-20-14-5-3-4-6-15(14)25-18)16(22)7-9-19-17(23)13-8-11-24-12-13/h2,8,11-12H,1,3-7,9-10H2,(H,19,23). The number of aromatic nitrogens is 1. The Hall–Kier alpha value is -1.99. The number of amides is 2. The Morgan fingerprint density at radius 1 is 1.36 bits per heavy atom. The van der Waals surface area contributed by atoms with E-state index in [0.717, 1.165) is 23.7 Å². The van der Waals surface area contributed by atoms with E-state index in [-0.39, 0.29) is 18.2 Å². The first-order valence-electron chi connectivity index (χ1n) is 8.39. The summed E-state index contributed by atoms with van der Waals surface area (Å²) in [6, 6.07) is 1.77. The number of carbonyl (C=O) groups is 2. The second kappa shape index (κ2) is 8.40. The summed E-state index contributed by atoms with van der Waals surface area (Å²) >= 11 is 3.09. The SMILES string of the molecule is C=CCN(C(=O)CCNC(=O)c1ccsc1)c1nc2c(s1)CCCC2. The van der Waals surface area contributed by atoms with Crippen molar-refractivity contribution in [3.63, 3.8) is 0 Å². The van der Waals surface area contributed by atoms with E-state index >= 15 is 0 Å². The summed E-state index contributed by atoms with van der Waals surface area (Å²) in [4.78, 5) is 32.2. The van der Waals surface area contributed by atoms with Crippen molar-refractivity contribution >= 4 is 39.6 Å². The predicted molar refractivity (Wildman–Crippen MR) is 103 cm³/mol. The summed E-state index contributed by atoms with van der Waals surface area (Å²) in [5.74, 6) is -0.189. The number of carbonyl (C=O) groups excluding carboxylic acids is 2. The van der Waals surface area contributed by atoms with Crippen LogP contribution in [0.2, 0.25) is 0 Å². The van der Waals surface area contributed by atoms with E-state index in [1.165, 1.54) is 29.1 Å². The van der Waals surface area contributed by atoms with Crippen LogP contribution in [0, 0.1) is 0 Å². The lowest BCUT2D eigenvalue weighted by Crippen LogP contribution is -2.34. The fourth-order valence-corrected chi connectivity index (χ4v) is 4.59. The third kappa shape index (κ3) is 4.35. The van der Waals surface area contributed by atoms with E-state index in [4.69, 9.17) is 0 Å². The molecule has 0 saturated carbocycles. The van der Waals surface area contributed by atoms with Crippen molar-refractivity contribution in [1.82, 2.24) is 10.3 Å². The highest BCUT2D eigenvalue weighted by atomic mass is 32.1. The number of thiophene rings is 1. The Morgan fingerprint density at radius 3 is 2.92 bits per heavy atom. The highest BCUT2D eigenvalue weighted by Crippen LogP contribution is 2.32. The lowest BCUT2D eigenvalue weighted by atomic mass is 10.0. The molecule has 3 rings (SSSR count). The number of nitrogens with one attached hydrogen (secondary N) is 1. The quantitative estimate of drug-likeness (QED) is 0.754. The monoisotopic (exact) mass is 375 g/mol. The van der Waals surface area contributed by atoms with E-state index in [1.807, 2.05) is 5.38 Å². The maximum atomic E-state index is 12.6. The number of fused-ring (bicyclic) bond motifs is 1. The number of rotatable bonds is 7.